The number of hydrogen-bond acceptors (Lipinski definition) is 3. The standard InChI is InChI=1S/C13H19BrO3S/c1-3-8-18(15,16)13-7-5-4-6-11(13)9-12(14)10-17-2/h4-7,12H,3,8-10H2,1-2H3. The van der Waals surface area contributed by atoms with Crippen molar-refractivity contribution in [3.8, 4) is 0 Å². The van der Waals surface area contributed by atoms with E-state index in [0.29, 0.717) is 24.3 Å². The van der Waals surface area contributed by atoms with Crippen molar-refractivity contribution in [2.24, 2.45) is 0 Å². The quantitative estimate of drug-likeness (QED) is 0.720. The zero-order chi connectivity index (χ0) is 13.6. The Morgan fingerprint density at radius 2 is 2.00 bits per heavy atom. The van der Waals surface area contributed by atoms with Crippen molar-refractivity contribution >= 4 is 25.8 Å². The third kappa shape index (κ3) is 4.37. The molecule has 1 atom stereocenters. The normalized spacial score (nSPS) is 13.5. The predicted octanol–water partition coefficient (Wildman–Crippen LogP) is 2.82. The van der Waals surface area contributed by atoms with Gasteiger partial charge in [-0.1, -0.05) is 41.1 Å². The van der Waals surface area contributed by atoms with Crippen LogP contribution in [0.15, 0.2) is 29.2 Å². The molecule has 0 saturated carbocycles. The second-order valence-electron chi connectivity index (χ2n) is 4.18. The van der Waals surface area contributed by atoms with Gasteiger partial charge in [0, 0.05) is 11.9 Å². The predicted molar refractivity (Wildman–Crippen MR) is 77.1 cm³/mol. The van der Waals surface area contributed by atoms with Crippen molar-refractivity contribution in [3.05, 3.63) is 29.8 Å². The average molecular weight is 335 g/mol. The van der Waals surface area contributed by atoms with E-state index in [1.807, 2.05) is 19.1 Å². The van der Waals surface area contributed by atoms with Gasteiger partial charge in [0.2, 0.25) is 0 Å². The number of hydrogen-bond donors (Lipinski definition) is 0. The van der Waals surface area contributed by atoms with E-state index < -0.39 is 9.84 Å². The number of sulfone groups is 1. The van der Waals surface area contributed by atoms with E-state index >= 15 is 0 Å². The Morgan fingerprint density at radius 3 is 2.61 bits per heavy atom. The van der Waals surface area contributed by atoms with Gasteiger partial charge in [-0.3, -0.25) is 0 Å². The minimum Gasteiger partial charge on any atom is -0.384 e. The van der Waals surface area contributed by atoms with Gasteiger partial charge in [0.05, 0.1) is 17.3 Å². The molecule has 18 heavy (non-hydrogen) atoms. The maximum atomic E-state index is 12.1. The van der Waals surface area contributed by atoms with Crippen LogP contribution in [0, 0.1) is 0 Å². The van der Waals surface area contributed by atoms with Crippen LogP contribution in [0.2, 0.25) is 0 Å². The number of benzene rings is 1. The van der Waals surface area contributed by atoms with E-state index in [1.165, 1.54) is 0 Å². The summed E-state index contributed by atoms with van der Waals surface area (Å²) in [5.74, 6) is 0.196. The SMILES string of the molecule is CCCS(=O)(=O)c1ccccc1CC(Br)COC. The zero-order valence-corrected chi connectivity index (χ0v) is 13.1. The first-order valence-electron chi connectivity index (χ1n) is 5.95. The van der Waals surface area contributed by atoms with Gasteiger partial charge in [-0.15, -0.1) is 0 Å². The summed E-state index contributed by atoms with van der Waals surface area (Å²) in [7, 11) is -1.53. The maximum absolute atomic E-state index is 12.1. The highest BCUT2D eigenvalue weighted by Gasteiger charge is 2.18. The largest absolute Gasteiger partial charge is 0.384 e. The third-order valence-corrected chi connectivity index (χ3v) is 5.17. The fraction of sp³-hybridized carbons (Fsp3) is 0.538. The van der Waals surface area contributed by atoms with E-state index in [9.17, 15) is 8.42 Å². The van der Waals surface area contributed by atoms with Gasteiger partial charge >= 0.3 is 0 Å². The fourth-order valence-corrected chi connectivity index (χ4v) is 4.04. The molecule has 0 heterocycles. The smallest absolute Gasteiger partial charge is 0.178 e. The lowest BCUT2D eigenvalue weighted by Gasteiger charge is -2.13. The van der Waals surface area contributed by atoms with Crippen LogP contribution in [0.1, 0.15) is 18.9 Å². The van der Waals surface area contributed by atoms with E-state index in [2.05, 4.69) is 15.9 Å². The summed E-state index contributed by atoms with van der Waals surface area (Å²) in [6.07, 6.45) is 1.28. The van der Waals surface area contributed by atoms with Gasteiger partial charge in [-0.25, -0.2) is 8.42 Å². The molecule has 0 aliphatic rings. The minimum atomic E-state index is -3.16. The molecule has 1 rings (SSSR count). The molecule has 5 heteroatoms. The minimum absolute atomic E-state index is 0.125. The van der Waals surface area contributed by atoms with Crippen molar-refractivity contribution in [2.75, 3.05) is 19.5 Å². The van der Waals surface area contributed by atoms with Crippen LogP contribution < -0.4 is 0 Å². The van der Waals surface area contributed by atoms with Crippen LogP contribution in [0.5, 0.6) is 0 Å². The Balaban J connectivity index is 3.00. The lowest BCUT2D eigenvalue weighted by atomic mass is 10.1. The Hall–Kier alpha value is -0.390. The lowest BCUT2D eigenvalue weighted by Crippen LogP contribution is -2.14. The molecule has 0 amide bonds. The van der Waals surface area contributed by atoms with Gasteiger partial charge in [0.15, 0.2) is 9.84 Å². The Morgan fingerprint density at radius 1 is 1.33 bits per heavy atom. The van der Waals surface area contributed by atoms with E-state index in [0.717, 1.165) is 5.56 Å². The summed E-state index contributed by atoms with van der Waals surface area (Å²) in [6, 6.07) is 7.19. The van der Waals surface area contributed by atoms with Crippen LogP contribution >= 0.6 is 15.9 Å². The van der Waals surface area contributed by atoms with E-state index in [1.54, 1.807) is 19.2 Å². The lowest BCUT2D eigenvalue weighted by molar-refractivity contribution is 0.200. The Bertz CT molecular complexity index is 471. The van der Waals surface area contributed by atoms with Crippen LogP contribution in [0.25, 0.3) is 0 Å². The van der Waals surface area contributed by atoms with Gasteiger partial charge in [0.1, 0.15) is 0 Å². The number of halogens is 1. The van der Waals surface area contributed by atoms with Crippen LogP contribution in [0.4, 0.5) is 0 Å². The zero-order valence-electron chi connectivity index (χ0n) is 10.7. The molecule has 0 radical (unpaired) electrons. The number of methoxy groups -OCH3 is 1. The number of rotatable bonds is 7. The molecule has 0 aliphatic heterocycles. The Labute approximate surface area is 118 Å². The molecular weight excluding hydrogens is 316 g/mol. The highest BCUT2D eigenvalue weighted by Crippen LogP contribution is 2.21. The van der Waals surface area contributed by atoms with Gasteiger partial charge in [-0.05, 0) is 24.5 Å². The molecule has 1 aromatic rings. The van der Waals surface area contributed by atoms with Gasteiger partial charge in [0.25, 0.3) is 0 Å². The summed E-state index contributed by atoms with van der Waals surface area (Å²) in [5, 5.41) is 0. The van der Waals surface area contributed by atoms with Gasteiger partial charge in [-0.2, -0.15) is 0 Å². The molecule has 102 valence electrons. The van der Waals surface area contributed by atoms with Crippen LogP contribution in [-0.2, 0) is 21.0 Å². The third-order valence-electron chi connectivity index (χ3n) is 2.57. The molecule has 0 fully saturated rings. The number of ether oxygens (including phenoxy) is 1. The summed E-state index contributed by atoms with van der Waals surface area (Å²) < 4.78 is 29.3. The highest BCUT2D eigenvalue weighted by molar-refractivity contribution is 9.09. The first-order valence-corrected chi connectivity index (χ1v) is 8.51. The summed E-state index contributed by atoms with van der Waals surface area (Å²) in [5.41, 5.74) is 0.852. The second kappa shape index (κ2) is 7.26. The summed E-state index contributed by atoms with van der Waals surface area (Å²) >= 11 is 3.49. The van der Waals surface area contributed by atoms with Crippen molar-refractivity contribution in [1.29, 1.82) is 0 Å². The molecule has 0 aliphatic carbocycles. The van der Waals surface area contributed by atoms with Crippen molar-refractivity contribution < 1.29 is 13.2 Å². The average Bonchev–Trinajstić information content (AvgIpc) is 2.29. The fourth-order valence-electron chi connectivity index (χ4n) is 1.83. The summed E-state index contributed by atoms with van der Waals surface area (Å²) in [6.45, 7) is 2.43. The highest BCUT2D eigenvalue weighted by atomic mass is 79.9. The first-order chi connectivity index (χ1) is 8.51. The van der Waals surface area contributed by atoms with E-state index in [-0.39, 0.29) is 10.6 Å². The molecule has 0 N–H and O–H groups in total. The monoisotopic (exact) mass is 334 g/mol. The molecule has 0 bridgehead atoms. The maximum Gasteiger partial charge on any atom is 0.178 e. The molecule has 3 nitrogen and oxygen atoms in total. The Kier molecular flexibility index (Phi) is 6.32. The van der Waals surface area contributed by atoms with Crippen molar-refractivity contribution in [3.63, 3.8) is 0 Å². The van der Waals surface area contributed by atoms with Crippen LogP contribution in [0.3, 0.4) is 0 Å². The van der Waals surface area contributed by atoms with Crippen molar-refractivity contribution in [1.82, 2.24) is 0 Å². The molecule has 0 saturated heterocycles. The molecular formula is C13H19BrO3S. The van der Waals surface area contributed by atoms with Crippen LogP contribution in [-0.4, -0.2) is 32.7 Å². The topological polar surface area (TPSA) is 43.4 Å². The van der Waals surface area contributed by atoms with Gasteiger partial charge < -0.3 is 4.74 Å². The first kappa shape index (κ1) is 15.7. The molecule has 1 aromatic carbocycles. The molecule has 1 unspecified atom stereocenters. The van der Waals surface area contributed by atoms with E-state index in [4.69, 9.17) is 4.74 Å². The second-order valence-corrected chi connectivity index (χ2v) is 7.56. The molecule has 0 spiro atoms. The van der Waals surface area contributed by atoms with Crippen molar-refractivity contribution in [2.45, 2.75) is 29.5 Å². The summed E-state index contributed by atoms with van der Waals surface area (Å²) in [4.78, 5) is 0.577. The molecule has 0 aromatic heterocycles. The number of alkyl halides is 1.